The van der Waals surface area contributed by atoms with Gasteiger partial charge in [0.05, 0.1) is 11.5 Å². The Labute approximate surface area is 165 Å². The Bertz CT molecular complexity index is 519. The van der Waals surface area contributed by atoms with Crippen LogP contribution in [-0.4, -0.2) is 63.7 Å². The summed E-state index contributed by atoms with van der Waals surface area (Å²) >= 11 is 0. The minimum absolute atomic E-state index is 0.135. The zero-order chi connectivity index (χ0) is 20.1. The standard InChI is InChI=1S/C21H40N4O2/c1-20(2,3)17-16(10-9-13-27-17)14-23-19(22-4)24-15-21(11-7-8-12-21)18(26)25(5)6/h16-17H,7-15H2,1-6H3,(H2,22,23,24). The van der Waals surface area contributed by atoms with Crippen LogP contribution >= 0.6 is 0 Å². The third-order valence-electron chi connectivity index (χ3n) is 6.07. The first-order chi connectivity index (χ1) is 12.7. The van der Waals surface area contributed by atoms with E-state index in [1.165, 1.54) is 6.42 Å². The Hall–Kier alpha value is -1.30. The maximum atomic E-state index is 12.7. The normalized spacial score (nSPS) is 25.9. The van der Waals surface area contributed by atoms with Gasteiger partial charge in [-0.1, -0.05) is 33.6 Å². The van der Waals surface area contributed by atoms with Gasteiger partial charge < -0.3 is 20.3 Å². The third-order valence-corrected chi connectivity index (χ3v) is 6.07. The van der Waals surface area contributed by atoms with E-state index in [1.807, 2.05) is 14.1 Å². The number of nitrogens with zero attached hydrogens (tertiary/aromatic N) is 2. The van der Waals surface area contributed by atoms with Crippen molar-refractivity contribution < 1.29 is 9.53 Å². The average molecular weight is 381 g/mol. The molecule has 0 bridgehead atoms. The molecule has 1 saturated carbocycles. The Kier molecular flexibility index (Phi) is 7.55. The van der Waals surface area contributed by atoms with Gasteiger partial charge in [-0.15, -0.1) is 0 Å². The highest BCUT2D eigenvalue weighted by Gasteiger charge is 2.42. The molecule has 0 spiro atoms. The van der Waals surface area contributed by atoms with Crippen LogP contribution in [0, 0.1) is 16.7 Å². The van der Waals surface area contributed by atoms with Gasteiger partial charge in [-0.2, -0.15) is 0 Å². The Balaban J connectivity index is 1.92. The first kappa shape index (κ1) is 22.0. The van der Waals surface area contributed by atoms with Gasteiger partial charge in [-0.3, -0.25) is 9.79 Å². The van der Waals surface area contributed by atoms with Crippen molar-refractivity contribution in [2.24, 2.45) is 21.7 Å². The smallest absolute Gasteiger partial charge is 0.230 e. The molecular formula is C21H40N4O2. The third kappa shape index (κ3) is 5.59. The molecule has 2 fully saturated rings. The molecule has 1 heterocycles. The first-order valence-electron chi connectivity index (χ1n) is 10.5. The summed E-state index contributed by atoms with van der Waals surface area (Å²) in [6.07, 6.45) is 6.71. The maximum Gasteiger partial charge on any atom is 0.230 e. The molecule has 6 heteroatoms. The first-order valence-corrected chi connectivity index (χ1v) is 10.5. The number of amides is 1. The fourth-order valence-corrected chi connectivity index (χ4v) is 4.70. The van der Waals surface area contributed by atoms with E-state index in [0.29, 0.717) is 12.5 Å². The molecule has 1 amide bonds. The highest BCUT2D eigenvalue weighted by molar-refractivity contribution is 5.85. The molecule has 0 aromatic heterocycles. The van der Waals surface area contributed by atoms with Gasteiger partial charge in [-0.05, 0) is 31.1 Å². The number of nitrogens with one attached hydrogen (secondary N) is 2. The van der Waals surface area contributed by atoms with Crippen molar-refractivity contribution in [2.75, 3.05) is 40.8 Å². The van der Waals surface area contributed by atoms with Crippen molar-refractivity contribution in [1.82, 2.24) is 15.5 Å². The van der Waals surface area contributed by atoms with E-state index in [1.54, 1.807) is 11.9 Å². The van der Waals surface area contributed by atoms with Gasteiger partial charge in [0.15, 0.2) is 5.96 Å². The van der Waals surface area contributed by atoms with E-state index in [-0.39, 0.29) is 22.8 Å². The van der Waals surface area contributed by atoms with Gasteiger partial charge in [-0.25, -0.2) is 0 Å². The average Bonchev–Trinajstić information content (AvgIpc) is 3.10. The lowest BCUT2D eigenvalue weighted by Gasteiger charge is -2.40. The highest BCUT2D eigenvalue weighted by Crippen LogP contribution is 2.39. The summed E-state index contributed by atoms with van der Waals surface area (Å²) < 4.78 is 6.09. The molecule has 156 valence electrons. The number of hydrogen-bond donors (Lipinski definition) is 2. The molecule has 1 aliphatic heterocycles. The topological polar surface area (TPSA) is 66.0 Å². The van der Waals surface area contributed by atoms with Crippen LogP contribution in [0.1, 0.15) is 59.3 Å². The Morgan fingerprint density at radius 3 is 2.41 bits per heavy atom. The summed E-state index contributed by atoms with van der Waals surface area (Å²) in [5.74, 6) is 1.49. The predicted molar refractivity (Wildman–Crippen MR) is 111 cm³/mol. The minimum atomic E-state index is -0.289. The summed E-state index contributed by atoms with van der Waals surface area (Å²) in [6, 6.07) is 0. The largest absolute Gasteiger partial charge is 0.377 e. The van der Waals surface area contributed by atoms with Crippen LogP contribution in [0.5, 0.6) is 0 Å². The van der Waals surface area contributed by atoms with E-state index in [4.69, 9.17) is 4.74 Å². The van der Waals surface area contributed by atoms with Crippen LogP contribution in [0.4, 0.5) is 0 Å². The summed E-state index contributed by atoms with van der Waals surface area (Å²) in [4.78, 5) is 18.9. The van der Waals surface area contributed by atoms with Crippen molar-refractivity contribution in [1.29, 1.82) is 0 Å². The van der Waals surface area contributed by atoms with Gasteiger partial charge in [0.25, 0.3) is 0 Å². The lowest BCUT2D eigenvalue weighted by atomic mass is 9.78. The van der Waals surface area contributed by atoms with Gasteiger partial charge in [0, 0.05) is 46.8 Å². The van der Waals surface area contributed by atoms with Crippen molar-refractivity contribution in [2.45, 2.75) is 65.4 Å². The molecule has 2 N–H and O–H groups in total. The van der Waals surface area contributed by atoms with Crippen LogP contribution in [-0.2, 0) is 9.53 Å². The van der Waals surface area contributed by atoms with Crippen molar-refractivity contribution >= 4 is 11.9 Å². The van der Waals surface area contributed by atoms with Crippen LogP contribution in [0.25, 0.3) is 0 Å². The molecule has 0 radical (unpaired) electrons. The van der Waals surface area contributed by atoms with E-state index >= 15 is 0 Å². The quantitative estimate of drug-likeness (QED) is 0.568. The van der Waals surface area contributed by atoms with E-state index in [2.05, 4.69) is 36.4 Å². The number of guanidine groups is 1. The number of carbonyl (C=O) groups is 1. The lowest BCUT2D eigenvalue weighted by molar-refractivity contribution is -0.138. The molecule has 2 aliphatic rings. The van der Waals surface area contributed by atoms with Crippen molar-refractivity contribution in [3.63, 3.8) is 0 Å². The lowest BCUT2D eigenvalue weighted by Crippen LogP contribution is -2.51. The molecule has 0 aromatic carbocycles. The maximum absolute atomic E-state index is 12.7. The molecule has 2 unspecified atom stereocenters. The van der Waals surface area contributed by atoms with Crippen LogP contribution in [0.3, 0.4) is 0 Å². The summed E-state index contributed by atoms with van der Waals surface area (Å²) in [7, 11) is 5.50. The predicted octanol–water partition coefficient (Wildman–Crippen LogP) is 2.64. The zero-order valence-electron chi connectivity index (χ0n) is 18.2. The second kappa shape index (κ2) is 9.26. The fraction of sp³-hybridized carbons (Fsp3) is 0.905. The summed E-state index contributed by atoms with van der Waals surface area (Å²) in [5.41, 5.74) is -0.154. The second-order valence-electron chi connectivity index (χ2n) is 9.55. The Morgan fingerprint density at radius 1 is 1.19 bits per heavy atom. The highest BCUT2D eigenvalue weighted by atomic mass is 16.5. The molecule has 0 aromatic rings. The second-order valence-corrected chi connectivity index (χ2v) is 9.55. The molecule has 27 heavy (non-hydrogen) atoms. The van der Waals surface area contributed by atoms with E-state index in [0.717, 1.165) is 51.2 Å². The van der Waals surface area contributed by atoms with Gasteiger partial charge in [0.2, 0.25) is 5.91 Å². The van der Waals surface area contributed by atoms with Crippen LogP contribution < -0.4 is 10.6 Å². The summed E-state index contributed by atoms with van der Waals surface area (Å²) in [5, 5.41) is 6.92. The van der Waals surface area contributed by atoms with Crippen molar-refractivity contribution in [3.05, 3.63) is 0 Å². The zero-order valence-corrected chi connectivity index (χ0v) is 18.2. The molecular weight excluding hydrogens is 340 g/mol. The number of carbonyl (C=O) groups excluding carboxylic acids is 1. The van der Waals surface area contributed by atoms with Gasteiger partial charge in [0.1, 0.15) is 0 Å². The SMILES string of the molecule is CN=C(NCC1CCCOC1C(C)(C)C)NCC1(C(=O)N(C)C)CCCC1. The minimum Gasteiger partial charge on any atom is -0.377 e. The van der Waals surface area contributed by atoms with Crippen LogP contribution in [0.15, 0.2) is 4.99 Å². The van der Waals surface area contributed by atoms with Gasteiger partial charge >= 0.3 is 0 Å². The number of aliphatic imine (C=N–C) groups is 1. The molecule has 1 saturated heterocycles. The molecule has 1 aliphatic carbocycles. The van der Waals surface area contributed by atoms with Crippen LogP contribution in [0.2, 0.25) is 0 Å². The molecule has 6 nitrogen and oxygen atoms in total. The molecule has 2 atom stereocenters. The molecule has 2 rings (SSSR count). The summed E-state index contributed by atoms with van der Waals surface area (Å²) in [6.45, 7) is 9.10. The fourth-order valence-electron chi connectivity index (χ4n) is 4.70. The van der Waals surface area contributed by atoms with Crippen molar-refractivity contribution in [3.8, 4) is 0 Å². The Morgan fingerprint density at radius 2 is 1.85 bits per heavy atom. The monoisotopic (exact) mass is 380 g/mol. The van der Waals surface area contributed by atoms with E-state index in [9.17, 15) is 4.79 Å². The van der Waals surface area contributed by atoms with E-state index < -0.39 is 0 Å². The number of ether oxygens (including phenoxy) is 1. The number of hydrogen-bond acceptors (Lipinski definition) is 3. The number of rotatable bonds is 5.